The highest BCUT2D eigenvalue weighted by Crippen LogP contribution is 2.32. The zero-order valence-electron chi connectivity index (χ0n) is 12.0. The number of nitrogens with zero attached hydrogens (tertiary/aromatic N) is 2. The summed E-state index contributed by atoms with van der Waals surface area (Å²) in [7, 11) is -1.80. The third-order valence-electron chi connectivity index (χ3n) is 3.23. The van der Waals surface area contributed by atoms with Gasteiger partial charge in [0.15, 0.2) is 0 Å². The van der Waals surface area contributed by atoms with E-state index < -0.39 is 10.0 Å². The Hall–Kier alpha value is -0.760. The molecule has 2 rings (SSSR count). The van der Waals surface area contributed by atoms with E-state index in [4.69, 9.17) is 0 Å². The van der Waals surface area contributed by atoms with E-state index in [1.165, 1.54) is 15.6 Å². The van der Waals surface area contributed by atoms with E-state index in [1.54, 1.807) is 35.9 Å². The molecule has 0 N–H and O–H groups in total. The zero-order chi connectivity index (χ0) is 14.9. The first-order valence-electron chi connectivity index (χ1n) is 6.35. The van der Waals surface area contributed by atoms with Crippen molar-refractivity contribution in [2.24, 2.45) is 0 Å². The van der Waals surface area contributed by atoms with Crippen LogP contribution in [0.3, 0.4) is 0 Å². The van der Waals surface area contributed by atoms with Crippen molar-refractivity contribution in [2.75, 3.05) is 7.05 Å². The number of rotatable bonds is 5. The van der Waals surface area contributed by atoms with Crippen molar-refractivity contribution in [1.82, 2.24) is 9.29 Å². The zero-order valence-corrected chi connectivity index (χ0v) is 14.4. The first-order chi connectivity index (χ1) is 9.37. The van der Waals surface area contributed by atoms with Gasteiger partial charge in [0, 0.05) is 11.9 Å². The van der Waals surface area contributed by atoms with Gasteiger partial charge in [0.25, 0.3) is 10.0 Å². The molecule has 2 heterocycles. The fraction of sp³-hybridized carbons (Fsp3) is 0.462. The highest BCUT2D eigenvalue weighted by Gasteiger charge is 2.29. The van der Waals surface area contributed by atoms with Crippen LogP contribution in [0.5, 0.6) is 0 Å². The van der Waals surface area contributed by atoms with Crippen molar-refractivity contribution in [1.29, 1.82) is 0 Å². The molecule has 0 aliphatic carbocycles. The number of aromatic nitrogens is 1. The van der Waals surface area contributed by atoms with Gasteiger partial charge in [0.2, 0.25) is 0 Å². The quantitative estimate of drug-likeness (QED) is 0.843. The molecule has 2 aromatic heterocycles. The van der Waals surface area contributed by atoms with E-state index >= 15 is 0 Å². The van der Waals surface area contributed by atoms with Crippen molar-refractivity contribution >= 4 is 32.7 Å². The normalized spacial score (nSPS) is 13.8. The summed E-state index contributed by atoms with van der Waals surface area (Å²) in [6.45, 7) is 5.90. The molecule has 110 valence electrons. The second kappa shape index (κ2) is 5.93. The van der Waals surface area contributed by atoms with E-state index in [-0.39, 0.29) is 6.04 Å². The van der Waals surface area contributed by atoms with Gasteiger partial charge in [-0.1, -0.05) is 13.0 Å². The Kier molecular flexibility index (Phi) is 4.63. The molecular formula is C13H18N2O2S3. The number of hydrogen-bond donors (Lipinski definition) is 0. The summed E-state index contributed by atoms with van der Waals surface area (Å²) in [4.78, 5) is 5.50. The minimum absolute atomic E-state index is 0.208. The molecular weight excluding hydrogens is 312 g/mol. The first kappa shape index (κ1) is 15.6. The van der Waals surface area contributed by atoms with E-state index in [0.717, 1.165) is 22.0 Å². The number of sulfonamides is 1. The Bertz CT molecular complexity index is 675. The van der Waals surface area contributed by atoms with Gasteiger partial charge in [-0.2, -0.15) is 4.31 Å². The van der Waals surface area contributed by atoms with E-state index in [2.05, 4.69) is 11.9 Å². The Balaban J connectivity index is 2.33. The lowest BCUT2D eigenvalue weighted by Gasteiger charge is -2.23. The largest absolute Gasteiger partial charge is 0.252 e. The molecule has 1 atom stereocenters. The average molecular weight is 330 g/mol. The molecule has 0 amide bonds. The van der Waals surface area contributed by atoms with Crippen molar-refractivity contribution in [2.45, 2.75) is 37.4 Å². The van der Waals surface area contributed by atoms with Gasteiger partial charge in [0.1, 0.15) is 4.21 Å². The summed E-state index contributed by atoms with van der Waals surface area (Å²) in [6, 6.07) is 3.18. The Morgan fingerprint density at radius 3 is 2.65 bits per heavy atom. The van der Waals surface area contributed by atoms with E-state index in [0.29, 0.717) is 4.21 Å². The van der Waals surface area contributed by atoms with Crippen molar-refractivity contribution in [3.63, 3.8) is 0 Å². The van der Waals surface area contributed by atoms with Crippen LogP contribution in [0.4, 0.5) is 0 Å². The lowest BCUT2D eigenvalue weighted by atomic mass is 10.2. The third kappa shape index (κ3) is 2.81. The highest BCUT2D eigenvalue weighted by atomic mass is 32.2. The molecule has 0 aromatic carbocycles. The Labute approximate surface area is 128 Å². The van der Waals surface area contributed by atoms with Crippen molar-refractivity contribution in [3.05, 3.63) is 33.1 Å². The molecule has 20 heavy (non-hydrogen) atoms. The summed E-state index contributed by atoms with van der Waals surface area (Å²) < 4.78 is 26.8. The molecule has 0 bridgehead atoms. The summed E-state index contributed by atoms with van der Waals surface area (Å²) >= 11 is 2.84. The lowest BCUT2D eigenvalue weighted by molar-refractivity contribution is 0.402. The smallest absolute Gasteiger partial charge is 0.246 e. The van der Waals surface area contributed by atoms with E-state index in [9.17, 15) is 8.42 Å². The van der Waals surface area contributed by atoms with Crippen LogP contribution in [-0.2, 0) is 16.4 Å². The standard InChI is InChI=1S/C13H18N2O2S3/c1-5-11-14-9(2)13(19-11)10(3)15(4)20(16,17)12-7-6-8-18-12/h6-8,10H,5H2,1-4H3/t10-/m0/s1. The lowest BCUT2D eigenvalue weighted by Crippen LogP contribution is -2.29. The molecule has 0 fully saturated rings. The molecule has 0 unspecified atom stereocenters. The summed E-state index contributed by atoms with van der Waals surface area (Å²) in [5.74, 6) is 0. The molecule has 0 spiro atoms. The van der Waals surface area contributed by atoms with E-state index in [1.807, 2.05) is 13.8 Å². The van der Waals surface area contributed by atoms with Crippen molar-refractivity contribution < 1.29 is 8.42 Å². The maximum atomic E-state index is 12.5. The number of thiophene rings is 1. The van der Waals surface area contributed by atoms with Crippen LogP contribution in [0.25, 0.3) is 0 Å². The molecule has 0 radical (unpaired) electrons. The Morgan fingerprint density at radius 2 is 2.15 bits per heavy atom. The van der Waals surface area contributed by atoms with Gasteiger partial charge < -0.3 is 0 Å². The van der Waals surface area contributed by atoms with Crippen molar-refractivity contribution in [3.8, 4) is 0 Å². The molecule has 7 heteroatoms. The predicted octanol–water partition coefficient (Wildman–Crippen LogP) is 3.46. The topological polar surface area (TPSA) is 50.3 Å². The van der Waals surface area contributed by atoms with Crippen LogP contribution in [0, 0.1) is 6.92 Å². The first-order valence-corrected chi connectivity index (χ1v) is 9.49. The van der Waals surface area contributed by atoms with Crippen LogP contribution < -0.4 is 0 Å². The molecule has 0 aliphatic heterocycles. The predicted molar refractivity (Wildman–Crippen MR) is 83.9 cm³/mol. The number of hydrogen-bond acceptors (Lipinski definition) is 5. The summed E-state index contributed by atoms with van der Waals surface area (Å²) in [6.07, 6.45) is 0.875. The van der Waals surface area contributed by atoms with Gasteiger partial charge >= 0.3 is 0 Å². The Morgan fingerprint density at radius 1 is 1.45 bits per heavy atom. The molecule has 0 saturated heterocycles. The molecule has 0 saturated carbocycles. The van der Waals surface area contributed by atoms with Gasteiger partial charge in [-0.15, -0.1) is 22.7 Å². The van der Waals surface area contributed by atoms with Crippen LogP contribution in [-0.4, -0.2) is 24.8 Å². The highest BCUT2D eigenvalue weighted by molar-refractivity contribution is 7.91. The average Bonchev–Trinajstić information content (AvgIpc) is 3.06. The van der Waals surface area contributed by atoms with Crippen LogP contribution in [0.2, 0.25) is 0 Å². The van der Waals surface area contributed by atoms with Crippen LogP contribution in [0.1, 0.15) is 35.5 Å². The fourth-order valence-electron chi connectivity index (χ4n) is 1.93. The molecule has 4 nitrogen and oxygen atoms in total. The third-order valence-corrected chi connectivity index (χ3v) is 8.01. The maximum Gasteiger partial charge on any atom is 0.252 e. The minimum atomic E-state index is -3.43. The monoisotopic (exact) mass is 330 g/mol. The SMILES string of the molecule is CCc1nc(C)c([C@H](C)N(C)S(=O)(=O)c2cccs2)s1. The van der Waals surface area contributed by atoms with Gasteiger partial charge in [-0.05, 0) is 31.7 Å². The van der Waals surface area contributed by atoms with Gasteiger partial charge in [-0.25, -0.2) is 13.4 Å². The van der Waals surface area contributed by atoms with Gasteiger partial charge in [0.05, 0.1) is 16.7 Å². The van der Waals surface area contributed by atoms with Crippen LogP contribution >= 0.6 is 22.7 Å². The van der Waals surface area contributed by atoms with Crippen LogP contribution in [0.15, 0.2) is 21.7 Å². The maximum absolute atomic E-state index is 12.5. The number of aryl methyl sites for hydroxylation is 2. The minimum Gasteiger partial charge on any atom is -0.246 e. The second-order valence-electron chi connectivity index (χ2n) is 4.54. The van der Waals surface area contributed by atoms with Gasteiger partial charge in [-0.3, -0.25) is 0 Å². The summed E-state index contributed by atoms with van der Waals surface area (Å²) in [5.41, 5.74) is 0.924. The molecule has 2 aromatic rings. The second-order valence-corrected chi connectivity index (χ2v) is 8.83. The fourth-order valence-corrected chi connectivity index (χ4v) is 5.61. The summed E-state index contributed by atoms with van der Waals surface area (Å²) in [5, 5.41) is 2.82. The number of thiazole rings is 1. The molecule has 0 aliphatic rings.